The topological polar surface area (TPSA) is 390 Å². The molecule has 8 N–H and O–H groups in total. The van der Waals surface area contributed by atoms with Crippen LogP contribution in [0.5, 0.6) is 23.0 Å². The van der Waals surface area contributed by atoms with E-state index in [4.69, 9.17) is 57.4 Å². The average Bonchev–Trinajstić information content (AvgIpc) is 1.59. The molecule has 34 heteroatoms. The summed E-state index contributed by atoms with van der Waals surface area (Å²) >= 11 is 2.91. The van der Waals surface area contributed by atoms with E-state index in [9.17, 15) is 48.0 Å². The van der Waals surface area contributed by atoms with Crippen LogP contribution < -0.4 is 55.9 Å². The van der Waals surface area contributed by atoms with E-state index in [1.54, 1.807) is 50.6 Å². The normalized spacial score (nSPS) is 22.7. The maximum Gasteiger partial charge on any atom is 0.434 e. The summed E-state index contributed by atoms with van der Waals surface area (Å²) in [7, 11) is 1.36. The number of amides is 7. The minimum atomic E-state index is -4.03. The van der Waals surface area contributed by atoms with Crippen molar-refractivity contribution < 1.29 is 85.5 Å². The molecule has 31 nitrogen and oxygen atoms in total. The number of carbonyl (C=O) groups excluding carboxylic acids is 7. The van der Waals surface area contributed by atoms with E-state index in [-0.39, 0.29) is 63.1 Å². The number of fused-ring (bicyclic) bond motifs is 2. The van der Waals surface area contributed by atoms with E-state index < -0.39 is 126 Å². The standard InChI is InChI=1S/C41H56N7O10PS.C39H50N6O8S/c1-10-24-20-41(24,37(51)47-59(53,55-8)56-9)46-35(49)32-18-27(21-48(32)36(50)34(40(4,5)6)45-39(52)58-25-13-11-12-14-25)57-33-19-30(31-22-60-38(44-31)42-23(2)3)43-29-17-26(54-7)15-16-28(29)33;1-8-22-18-39(22,35(48)49)44-33(46)30-16-25(19-45(30)34(47)32(38(4,5)6)43-37(50)53-23-11-9-10-12-23)52-31-17-28(29-20-54-36(42-29)40-21(2)3)41-27-15-24(51-7)13-14-26(27)31/h10,15-17,19,22-25,27,32,34H,1,11-14,18,20-21H2,2-9H3,(H,42,44)(H,45,52)(H,46,49)(H,47,51,53);8,13-15,17,20-23,25,30,32H,1,9-12,16,18-19H2,2-7H3,(H,40,42)(H,43,50)(H,44,46)(H,48,49)/t24-,27-,32+,34-,41-;22-,25-,30+,32-,39-/m11/s1. The number of aliphatic carboxylic acids is 1. The smallest absolute Gasteiger partial charge is 0.434 e. The number of carboxylic acids is 1. The Labute approximate surface area is 671 Å². The summed E-state index contributed by atoms with van der Waals surface area (Å²) < 4.78 is 58.6. The van der Waals surface area contributed by atoms with Gasteiger partial charge in [-0.3, -0.25) is 38.1 Å². The fraction of sp³-hybridized carbons (Fsp3) is 0.550. The highest BCUT2D eigenvalue weighted by Crippen LogP contribution is 2.50. The Balaban J connectivity index is 0.000000226. The Kier molecular flexibility index (Phi) is 26.3. The van der Waals surface area contributed by atoms with Crippen LogP contribution in [0, 0.1) is 22.7 Å². The van der Waals surface area contributed by atoms with Crippen LogP contribution in [-0.4, -0.2) is 196 Å². The molecule has 2 aromatic carbocycles. The van der Waals surface area contributed by atoms with E-state index in [1.807, 2.05) is 92.1 Å². The molecule has 114 heavy (non-hydrogen) atoms. The van der Waals surface area contributed by atoms with E-state index in [1.165, 1.54) is 44.6 Å². The third-order valence-electron chi connectivity index (χ3n) is 21.3. The quantitative estimate of drug-likeness (QED) is 0.0160. The van der Waals surface area contributed by atoms with Gasteiger partial charge in [0.05, 0.1) is 49.7 Å². The second-order valence-corrected chi connectivity index (χ2v) is 36.2. The van der Waals surface area contributed by atoms with Crippen molar-refractivity contribution in [3.63, 3.8) is 0 Å². The highest BCUT2D eigenvalue weighted by molar-refractivity contribution is 7.52. The maximum absolute atomic E-state index is 14.8. The molecule has 4 aromatic heterocycles. The molecular weight excluding hydrogens is 1530 g/mol. The van der Waals surface area contributed by atoms with Crippen molar-refractivity contribution >= 4 is 110 Å². The molecule has 2 aliphatic heterocycles. The summed E-state index contributed by atoms with van der Waals surface area (Å²) in [4.78, 5) is 132. The molecule has 6 fully saturated rings. The van der Waals surface area contributed by atoms with Gasteiger partial charge < -0.3 is 75.2 Å². The minimum Gasteiger partial charge on any atom is -0.497 e. The number of nitrogens with one attached hydrogen (secondary N) is 7. The van der Waals surface area contributed by atoms with Crippen molar-refractivity contribution in [2.24, 2.45) is 22.7 Å². The van der Waals surface area contributed by atoms with E-state index in [0.29, 0.717) is 67.6 Å². The number of hydrogen-bond donors (Lipinski definition) is 8. The molecule has 12 rings (SSSR count). The monoisotopic (exact) mass is 1630 g/mol. The Morgan fingerprint density at radius 1 is 0.570 bits per heavy atom. The van der Waals surface area contributed by atoms with Gasteiger partial charge in [-0.2, -0.15) is 0 Å². The number of ether oxygens (including phenoxy) is 6. The van der Waals surface area contributed by atoms with Gasteiger partial charge in [-0.25, -0.2) is 38.9 Å². The molecule has 6 aliphatic rings. The van der Waals surface area contributed by atoms with E-state index >= 15 is 0 Å². The summed E-state index contributed by atoms with van der Waals surface area (Å²) in [5, 5.41) is 36.8. The molecule has 0 unspecified atom stereocenters. The van der Waals surface area contributed by atoms with Crippen molar-refractivity contribution in [3.8, 4) is 45.8 Å². The third-order valence-corrected chi connectivity index (χ3v) is 24.3. The lowest BCUT2D eigenvalue weighted by molar-refractivity contribution is -0.146. The number of rotatable bonds is 29. The summed E-state index contributed by atoms with van der Waals surface area (Å²) in [6.45, 7) is 26.5. The molecule has 2 saturated heterocycles. The molecule has 6 aromatic rings. The number of pyridine rings is 2. The van der Waals surface area contributed by atoms with Gasteiger partial charge in [0, 0.05) is 96.8 Å². The van der Waals surface area contributed by atoms with Gasteiger partial charge in [-0.05, 0) is 127 Å². The van der Waals surface area contributed by atoms with Crippen molar-refractivity contribution in [3.05, 3.63) is 84.6 Å². The molecule has 4 aliphatic carbocycles. The number of benzene rings is 2. The van der Waals surface area contributed by atoms with Gasteiger partial charge in [0.25, 0.3) is 5.91 Å². The van der Waals surface area contributed by atoms with Crippen molar-refractivity contribution in [1.82, 2.24) is 56.1 Å². The first-order valence-electron chi connectivity index (χ1n) is 38.5. The Morgan fingerprint density at radius 2 is 0.965 bits per heavy atom. The second kappa shape index (κ2) is 35.2. The zero-order valence-corrected chi connectivity index (χ0v) is 69.5. The lowest BCUT2D eigenvalue weighted by Gasteiger charge is -2.35. The number of aromatic nitrogens is 4. The maximum atomic E-state index is 14.8. The van der Waals surface area contributed by atoms with Crippen molar-refractivity contribution in [1.29, 1.82) is 0 Å². The van der Waals surface area contributed by atoms with Crippen LogP contribution in [0.3, 0.4) is 0 Å². The molecule has 0 radical (unpaired) electrons. The number of methoxy groups -OCH3 is 2. The van der Waals surface area contributed by atoms with Gasteiger partial charge in [0.15, 0.2) is 10.3 Å². The molecule has 616 valence electrons. The molecule has 0 spiro atoms. The number of nitrogens with zero attached hydrogens (tertiary/aromatic N) is 6. The fourth-order valence-electron chi connectivity index (χ4n) is 14.9. The van der Waals surface area contributed by atoms with Gasteiger partial charge >= 0.3 is 25.9 Å². The summed E-state index contributed by atoms with van der Waals surface area (Å²) in [5.74, 6) is -3.16. The first kappa shape index (κ1) is 85.2. The van der Waals surface area contributed by atoms with Gasteiger partial charge in [0.2, 0.25) is 23.6 Å². The minimum absolute atomic E-state index is 0.0116. The van der Waals surface area contributed by atoms with E-state index in [0.717, 1.165) is 75.8 Å². The van der Waals surface area contributed by atoms with Crippen LogP contribution in [0.1, 0.15) is 146 Å². The number of carbonyl (C=O) groups is 8. The van der Waals surface area contributed by atoms with Crippen molar-refractivity contribution in [2.45, 2.75) is 218 Å². The largest absolute Gasteiger partial charge is 0.497 e. The highest BCUT2D eigenvalue weighted by Gasteiger charge is 2.63. The predicted octanol–water partition coefficient (Wildman–Crippen LogP) is 12.0. The van der Waals surface area contributed by atoms with Crippen molar-refractivity contribution in [2.75, 3.05) is 52.2 Å². The Hall–Kier alpha value is -9.69. The molecule has 7 amide bonds. The van der Waals surface area contributed by atoms with Gasteiger partial charge in [-0.15, -0.1) is 35.8 Å². The van der Waals surface area contributed by atoms with Crippen LogP contribution in [0.15, 0.2) is 84.6 Å². The zero-order chi connectivity index (χ0) is 82.5. The van der Waals surface area contributed by atoms with Gasteiger partial charge in [-0.1, -0.05) is 53.7 Å². The number of thiazole rings is 2. The third kappa shape index (κ3) is 19.6. The average molecular weight is 1630 g/mol. The Morgan fingerprint density at radius 3 is 1.32 bits per heavy atom. The number of hydrogen-bond acceptors (Lipinski definition) is 25. The van der Waals surface area contributed by atoms with Crippen LogP contribution in [0.25, 0.3) is 44.6 Å². The van der Waals surface area contributed by atoms with Gasteiger partial charge in [0.1, 0.15) is 94.0 Å². The second-order valence-electron chi connectivity index (χ2n) is 32.5. The summed E-state index contributed by atoms with van der Waals surface area (Å²) in [5.41, 5.74) is -1.10. The molecule has 4 saturated carbocycles. The lowest BCUT2D eigenvalue weighted by atomic mass is 9.85. The SMILES string of the molecule is C=C[C@@H]1C[C@]1(NC(=O)[C@@H]1C[C@@H](Oc2cc(-c3csc(NC(C)C)n3)nc3cc(OC)ccc23)CN1C(=O)[C@@H](NC(=O)OC1CCCC1)C(C)(C)C)C(=O)NP(=O)(OC)OC.C=C[C@@H]1C[C@]1(NC(=O)[C@@H]1C[C@@H](Oc2cc(-c3csc(NC(C)C)n3)nc3cc(OC)ccc23)CN1C(=O)[C@@H](NC(=O)OC1CCCC1)C(C)(C)C)C(=O)O. The number of alkyl carbamates (subject to hydrolysis) is 2. The number of anilines is 2. The van der Waals surface area contributed by atoms with Crippen LogP contribution in [0.2, 0.25) is 0 Å². The van der Waals surface area contributed by atoms with Crippen LogP contribution in [0.4, 0.5) is 19.9 Å². The molecule has 0 bridgehead atoms. The lowest BCUT2D eigenvalue weighted by Crippen LogP contribution is -2.60. The first-order valence-corrected chi connectivity index (χ1v) is 41.8. The first-order chi connectivity index (χ1) is 54.0. The summed E-state index contributed by atoms with van der Waals surface area (Å²) in [6.07, 6.45) is 7.03. The molecule has 10 atom stereocenters. The fourth-order valence-corrected chi connectivity index (χ4v) is 17.4. The van der Waals surface area contributed by atoms with Crippen LogP contribution >= 0.6 is 30.4 Å². The zero-order valence-electron chi connectivity index (χ0n) is 67.0. The van der Waals surface area contributed by atoms with E-state index in [2.05, 4.69) is 50.1 Å². The molecule has 6 heterocycles. The summed E-state index contributed by atoms with van der Waals surface area (Å²) in [6, 6.07) is 10.3. The number of carboxylic acid groups (broad SMARTS) is 1. The highest BCUT2D eigenvalue weighted by atomic mass is 32.1. The van der Waals surface area contributed by atoms with Crippen LogP contribution in [-0.2, 0) is 51.9 Å². The number of likely N-dealkylation sites (tertiary alicyclic amines) is 2. The Bertz CT molecular complexity index is 4640. The predicted molar refractivity (Wildman–Crippen MR) is 431 cm³/mol. The molecular formula is C80H106N13O18PS2.